The van der Waals surface area contributed by atoms with Crippen molar-refractivity contribution in [3.05, 3.63) is 53.1 Å². The Morgan fingerprint density at radius 2 is 2.05 bits per heavy atom. The number of anilines is 1. The lowest BCUT2D eigenvalue weighted by Gasteiger charge is -2.06. The molecule has 0 aliphatic heterocycles. The summed E-state index contributed by atoms with van der Waals surface area (Å²) in [6, 6.07) is 12.2. The summed E-state index contributed by atoms with van der Waals surface area (Å²) in [5.74, 6) is 0. The van der Waals surface area contributed by atoms with Gasteiger partial charge < -0.3 is 5.32 Å². The Kier molecular flexibility index (Phi) is 3.12. The van der Waals surface area contributed by atoms with E-state index in [1.807, 2.05) is 25.1 Å². The Balaban J connectivity index is 1.91. The van der Waals surface area contributed by atoms with Crippen LogP contribution in [0.3, 0.4) is 0 Å². The zero-order valence-corrected chi connectivity index (χ0v) is 11.4. The molecule has 1 amide bonds. The van der Waals surface area contributed by atoms with Gasteiger partial charge in [0.25, 0.3) is 0 Å². The van der Waals surface area contributed by atoms with E-state index < -0.39 is 0 Å². The highest BCUT2D eigenvalue weighted by atomic mass is 35.5. The number of aromatic nitrogens is 3. The highest BCUT2D eigenvalue weighted by molar-refractivity contribution is 6.31. The third-order valence-electron chi connectivity index (χ3n) is 2.97. The predicted octanol–water partition coefficient (Wildman–Crippen LogP) is 3.47. The molecule has 100 valence electrons. The molecule has 0 bridgehead atoms. The van der Waals surface area contributed by atoms with Gasteiger partial charge in [0, 0.05) is 10.7 Å². The van der Waals surface area contributed by atoms with Crippen molar-refractivity contribution in [3.8, 4) is 0 Å². The van der Waals surface area contributed by atoms with Crippen LogP contribution in [0.5, 0.6) is 0 Å². The van der Waals surface area contributed by atoms with E-state index in [0.717, 1.165) is 5.56 Å². The number of nitrogens with zero attached hydrogens (tertiary/aromatic N) is 3. The van der Waals surface area contributed by atoms with Crippen molar-refractivity contribution >= 4 is 34.4 Å². The Hall–Kier alpha value is -2.40. The molecule has 3 aromatic rings. The number of para-hydroxylation sites is 1. The van der Waals surface area contributed by atoms with Crippen LogP contribution in [0, 0.1) is 6.92 Å². The third-order valence-corrected chi connectivity index (χ3v) is 3.37. The fourth-order valence-electron chi connectivity index (χ4n) is 1.87. The van der Waals surface area contributed by atoms with E-state index in [1.54, 1.807) is 24.3 Å². The lowest BCUT2D eigenvalue weighted by molar-refractivity contribution is 0.251. The molecule has 0 saturated heterocycles. The molecular weight excluding hydrogens is 276 g/mol. The van der Waals surface area contributed by atoms with Crippen molar-refractivity contribution < 1.29 is 4.79 Å². The van der Waals surface area contributed by atoms with Crippen molar-refractivity contribution in [1.29, 1.82) is 0 Å². The van der Waals surface area contributed by atoms with Crippen LogP contribution in [0.4, 0.5) is 10.5 Å². The Morgan fingerprint density at radius 1 is 1.25 bits per heavy atom. The zero-order valence-electron chi connectivity index (χ0n) is 10.7. The first-order valence-electron chi connectivity index (χ1n) is 6.03. The van der Waals surface area contributed by atoms with Crippen molar-refractivity contribution in [2.75, 3.05) is 5.32 Å². The summed E-state index contributed by atoms with van der Waals surface area (Å²) in [4.78, 5) is 12.2. The highest BCUT2D eigenvalue weighted by Crippen LogP contribution is 2.20. The van der Waals surface area contributed by atoms with E-state index in [0.29, 0.717) is 21.7 Å². The van der Waals surface area contributed by atoms with E-state index in [4.69, 9.17) is 11.6 Å². The number of hydrogen-bond acceptors (Lipinski definition) is 3. The van der Waals surface area contributed by atoms with E-state index in [2.05, 4.69) is 15.6 Å². The zero-order chi connectivity index (χ0) is 14.1. The molecule has 0 saturated carbocycles. The van der Waals surface area contributed by atoms with Crippen LogP contribution >= 0.6 is 11.6 Å². The molecule has 20 heavy (non-hydrogen) atoms. The Labute approximate surface area is 120 Å². The molecule has 3 rings (SSSR count). The number of amides is 1. The van der Waals surface area contributed by atoms with Crippen LogP contribution in [0.2, 0.25) is 5.02 Å². The van der Waals surface area contributed by atoms with Crippen molar-refractivity contribution in [2.24, 2.45) is 0 Å². The second kappa shape index (κ2) is 4.94. The number of aryl methyl sites for hydroxylation is 1. The second-order valence-electron chi connectivity index (χ2n) is 4.38. The number of benzene rings is 2. The normalized spacial score (nSPS) is 10.7. The van der Waals surface area contributed by atoms with Crippen LogP contribution in [0.1, 0.15) is 5.56 Å². The monoisotopic (exact) mass is 286 g/mol. The molecule has 0 aliphatic carbocycles. The summed E-state index contributed by atoms with van der Waals surface area (Å²) in [6.07, 6.45) is 0. The second-order valence-corrected chi connectivity index (χ2v) is 4.79. The largest absolute Gasteiger partial charge is 0.348 e. The summed E-state index contributed by atoms with van der Waals surface area (Å²) >= 11 is 6.03. The number of hydrogen-bond donors (Lipinski definition) is 1. The van der Waals surface area contributed by atoms with Crippen molar-refractivity contribution in [2.45, 2.75) is 6.92 Å². The van der Waals surface area contributed by atoms with Gasteiger partial charge in [0.2, 0.25) is 0 Å². The standard InChI is InChI=1S/C14H11ClN4O/c1-9-6-7-10(8-11(9)15)16-14(20)19-13-5-3-2-4-12(13)17-18-19/h2-8H,1H3,(H,16,20). The Morgan fingerprint density at radius 3 is 2.85 bits per heavy atom. The molecule has 5 nitrogen and oxygen atoms in total. The molecule has 0 aliphatic rings. The maximum absolute atomic E-state index is 12.2. The molecule has 0 spiro atoms. The van der Waals surface area contributed by atoms with Gasteiger partial charge in [-0.2, -0.15) is 4.68 Å². The van der Waals surface area contributed by atoms with E-state index in [-0.39, 0.29) is 6.03 Å². The van der Waals surface area contributed by atoms with Crippen molar-refractivity contribution in [3.63, 3.8) is 0 Å². The van der Waals surface area contributed by atoms with E-state index in [1.165, 1.54) is 4.68 Å². The van der Waals surface area contributed by atoms with Crippen molar-refractivity contribution in [1.82, 2.24) is 15.0 Å². The maximum atomic E-state index is 12.2. The van der Waals surface area contributed by atoms with Gasteiger partial charge >= 0.3 is 6.03 Å². The summed E-state index contributed by atoms with van der Waals surface area (Å²) in [5.41, 5.74) is 2.90. The summed E-state index contributed by atoms with van der Waals surface area (Å²) < 4.78 is 1.23. The highest BCUT2D eigenvalue weighted by Gasteiger charge is 2.11. The number of fused-ring (bicyclic) bond motifs is 1. The number of rotatable bonds is 1. The van der Waals surface area contributed by atoms with Gasteiger partial charge in [-0.3, -0.25) is 0 Å². The van der Waals surface area contributed by atoms with Gasteiger partial charge in [-0.05, 0) is 36.8 Å². The van der Waals surface area contributed by atoms with Gasteiger partial charge in [0.15, 0.2) is 0 Å². The molecule has 0 radical (unpaired) electrons. The first-order chi connectivity index (χ1) is 9.65. The average molecular weight is 287 g/mol. The summed E-state index contributed by atoms with van der Waals surface area (Å²) in [6.45, 7) is 1.90. The topological polar surface area (TPSA) is 59.8 Å². The minimum atomic E-state index is -0.376. The van der Waals surface area contributed by atoms with Gasteiger partial charge in [-0.25, -0.2) is 4.79 Å². The molecular formula is C14H11ClN4O. The number of carbonyl (C=O) groups is 1. The molecule has 1 N–H and O–H groups in total. The molecule has 0 unspecified atom stereocenters. The first kappa shape index (κ1) is 12.6. The van der Waals surface area contributed by atoms with Gasteiger partial charge in [-0.15, -0.1) is 5.10 Å². The summed E-state index contributed by atoms with van der Waals surface area (Å²) in [5, 5.41) is 11.1. The lowest BCUT2D eigenvalue weighted by Crippen LogP contribution is -2.20. The Bertz CT molecular complexity index is 797. The lowest BCUT2D eigenvalue weighted by atomic mass is 10.2. The first-order valence-corrected chi connectivity index (χ1v) is 6.41. The number of carbonyl (C=O) groups excluding carboxylic acids is 1. The number of nitrogens with one attached hydrogen (secondary N) is 1. The molecule has 1 aromatic heterocycles. The van der Waals surface area contributed by atoms with Crippen LogP contribution in [0.25, 0.3) is 11.0 Å². The van der Waals surface area contributed by atoms with Gasteiger partial charge in [0.05, 0.1) is 5.52 Å². The van der Waals surface area contributed by atoms with Gasteiger partial charge in [-0.1, -0.05) is 35.0 Å². The SMILES string of the molecule is Cc1ccc(NC(=O)n2nnc3ccccc32)cc1Cl. The van der Waals surface area contributed by atoms with Crippen LogP contribution in [0.15, 0.2) is 42.5 Å². The molecule has 6 heteroatoms. The predicted molar refractivity (Wildman–Crippen MR) is 78.1 cm³/mol. The van der Waals surface area contributed by atoms with Crippen LogP contribution in [-0.4, -0.2) is 21.0 Å². The summed E-state index contributed by atoms with van der Waals surface area (Å²) in [7, 11) is 0. The maximum Gasteiger partial charge on any atom is 0.348 e. The average Bonchev–Trinajstić information content (AvgIpc) is 2.87. The van der Waals surface area contributed by atoms with E-state index >= 15 is 0 Å². The number of halogens is 1. The van der Waals surface area contributed by atoms with Gasteiger partial charge in [0.1, 0.15) is 5.52 Å². The molecule has 0 atom stereocenters. The van der Waals surface area contributed by atoms with Crippen LogP contribution < -0.4 is 5.32 Å². The molecule has 0 fully saturated rings. The minimum absolute atomic E-state index is 0.376. The fourth-order valence-corrected chi connectivity index (χ4v) is 2.05. The molecule has 1 heterocycles. The van der Waals surface area contributed by atoms with Crippen LogP contribution in [-0.2, 0) is 0 Å². The third kappa shape index (κ3) is 2.23. The quantitative estimate of drug-likeness (QED) is 0.745. The minimum Gasteiger partial charge on any atom is -0.306 e. The fraction of sp³-hybridized carbons (Fsp3) is 0.0714. The molecule has 2 aromatic carbocycles. The smallest absolute Gasteiger partial charge is 0.306 e. The van der Waals surface area contributed by atoms with E-state index in [9.17, 15) is 4.79 Å².